The van der Waals surface area contributed by atoms with Gasteiger partial charge in [0.05, 0.1) is 0 Å². The molecule has 1 heteroatoms. The van der Waals surface area contributed by atoms with Gasteiger partial charge in [0.15, 0.2) is 0 Å². The third kappa shape index (κ3) is 4.20. The van der Waals surface area contributed by atoms with Gasteiger partial charge in [0.25, 0.3) is 0 Å². The van der Waals surface area contributed by atoms with E-state index in [0.29, 0.717) is 0 Å². The van der Waals surface area contributed by atoms with E-state index in [4.69, 9.17) is 4.42 Å². The average Bonchev–Trinajstić information content (AvgIpc) is 3.23. The number of rotatable bonds is 5. The van der Waals surface area contributed by atoms with Crippen LogP contribution in [-0.4, -0.2) is 0 Å². The molecule has 0 saturated heterocycles. The number of hydrogen-bond acceptors (Lipinski definition) is 1. The quantitative estimate of drug-likeness (QED) is 0.256. The Morgan fingerprint density at radius 3 is 1.69 bits per heavy atom. The molecule has 4 aromatic rings. The van der Waals surface area contributed by atoms with Crippen molar-refractivity contribution >= 4 is 35.3 Å². The summed E-state index contributed by atoms with van der Waals surface area (Å²) < 4.78 is 6.58. The third-order valence-corrected chi connectivity index (χ3v) is 6.30. The number of hydrogen-bond donors (Lipinski definition) is 0. The molecule has 0 radical (unpaired) electrons. The van der Waals surface area contributed by atoms with Crippen LogP contribution in [0.2, 0.25) is 0 Å². The molecule has 35 heavy (non-hydrogen) atoms. The second-order valence-corrected chi connectivity index (χ2v) is 8.58. The second kappa shape index (κ2) is 9.32. The zero-order chi connectivity index (χ0) is 23.5. The van der Waals surface area contributed by atoms with E-state index >= 15 is 0 Å². The van der Waals surface area contributed by atoms with E-state index in [9.17, 15) is 0 Å². The lowest BCUT2D eigenvalue weighted by Crippen LogP contribution is -1.81. The Balaban J connectivity index is 1.65. The fourth-order valence-electron chi connectivity index (χ4n) is 4.61. The van der Waals surface area contributed by atoms with Crippen LogP contribution >= 0.6 is 0 Å². The Labute approximate surface area is 205 Å². The van der Waals surface area contributed by atoms with Gasteiger partial charge in [-0.3, -0.25) is 0 Å². The van der Waals surface area contributed by atoms with Gasteiger partial charge in [0.1, 0.15) is 11.3 Å². The Morgan fingerprint density at radius 2 is 1.03 bits per heavy atom. The summed E-state index contributed by atoms with van der Waals surface area (Å²) in [6.45, 7) is 0. The van der Waals surface area contributed by atoms with E-state index in [1.807, 2.05) is 24.3 Å². The Bertz CT molecular complexity index is 1500. The summed E-state index contributed by atoms with van der Waals surface area (Å²) in [5.41, 5.74) is 8.93. The van der Waals surface area contributed by atoms with Crippen LogP contribution in [0.25, 0.3) is 57.7 Å². The fourth-order valence-corrected chi connectivity index (χ4v) is 4.61. The minimum Gasteiger partial charge on any atom is -0.455 e. The van der Waals surface area contributed by atoms with Crippen molar-refractivity contribution in [3.8, 4) is 22.5 Å². The first kappa shape index (κ1) is 20.9. The van der Waals surface area contributed by atoms with E-state index in [1.54, 1.807) is 0 Å². The topological polar surface area (TPSA) is 13.1 Å². The van der Waals surface area contributed by atoms with Crippen LogP contribution < -0.4 is 0 Å². The smallest absolute Gasteiger partial charge is 0.143 e. The molecule has 6 rings (SSSR count). The molecule has 0 saturated carbocycles. The maximum absolute atomic E-state index is 6.58. The summed E-state index contributed by atoms with van der Waals surface area (Å²) in [5, 5.41) is 1.09. The maximum atomic E-state index is 6.58. The van der Waals surface area contributed by atoms with Gasteiger partial charge in [0.2, 0.25) is 0 Å². The van der Waals surface area contributed by atoms with Gasteiger partial charge in [-0.05, 0) is 40.5 Å². The first-order valence-corrected chi connectivity index (χ1v) is 11.9. The Kier molecular flexibility index (Phi) is 5.58. The van der Waals surface area contributed by atoms with Crippen LogP contribution in [0.15, 0.2) is 126 Å². The standard InChI is InChI=1S/C34H24O/c1-4-12-25(13-5-1)20-22-29-31-24-28-18-10-11-19-32(28)35-34(31)30(23-21-26-14-6-2-7-15-26)33(29)27-16-8-3-9-17-27/h1-24H. The lowest BCUT2D eigenvalue weighted by molar-refractivity contribution is 0.620. The van der Waals surface area contributed by atoms with Crippen LogP contribution in [0.1, 0.15) is 22.3 Å². The summed E-state index contributed by atoms with van der Waals surface area (Å²) >= 11 is 0. The van der Waals surface area contributed by atoms with Crippen molar-refractivity contribution in [2.75, 3.05) is 0 Å². The first-order valence-electron chi connectivity index (χ1n) is 11.9. The molecular formula is C34H24O. The van der Waals surface area contributed by atoms with Crippen molar-refractivity contribution in [3.63, 3.8) is 0 Å². The highest BCUT2D eigenvalue weighted by Gasteiger charge is 2.24. The molecule has 0 aromatic heterocycles. The highest BCUT2D eigenvalue weighted by Crippen LogP contribution is 2.46. The molecule has 0 N–H and O–H groups in total. The summed E-state index contributed by atoms with van der Waals surface area (Å²) in [4.78, 5) is 0. The lowest BCUT2D eigenvalue weighted by atomic mass is 9.99. The number of fused-ring (bicyclic) bond motifs is 2. The van der Waals surface area contributed by atoms with Crippen molar-refractivity contribution in [2.45, 2.75) is 0 Å². The van der Waals surface area contributed by atoms with Gasteiger partial charge in [-0.2, -0.15) is 0 Å². The minimum absolute atomic E-state index is 0.887. The summed E-state index contributed by atoms with van der Waals surface area (Å²) in [6.07, 6.45) is 8.76. The molecule has 4 aromatic carbocycles. The van der Waals surface area contributed by atoms with Gasteiger partial charge >= 0.3 is 0 Å². The summed E-state index contributed by atoms with van der Waals surface area (Å²) in [5.74, 6) is 0.905. The minimum atomic E-state index is 0.887. The predicted molar refractivity (Wildman–Crippen MR) is 149 cm³/mol. The zero-order valence-corrected chi connectivity index (χ0v) is 19.3. The van der Waals surface area contributed by atoms with E-state index in [2.05, 4.69) is 121 Å². The zero-order valence-electron chi connectivity index (χ0n) is 19.3. The molecule has 1 aliphatic carbocycles. The Hall–Kier alpha value is -4.62. The second-order valence-electron chi connectivity index (χ2n) is 8.58. The average molecular weight is 449 g/mol. The van der Waals surface area contributed by atoms with E-state index in [1.165, 1.54) is 16.7 Å². The summed E-state index contributed by atoms with van der Waals surface area (Å²) in [6, 6.07) is 41.9. The van der Waals surface area contributed by atoms with E-state index in [0.717, 1.165) is 39.0 Å². The van der Waals surface area contributed by atoms with Crippen LogP contribution in [0.5, 0.6) is 0 Å². The van der Waals surface area contributed by atoms with Gasteiger partial charge in [-0.15, -0.1) is 0 Å². The molecule has 0 atom stereocenters. The highest BCUT2D eigenvalue weighted by molar-refractivity contribution is 6.03. The highest BCUT2D eigenvalue weighted by atomic mass is 16.3. The molecule has 166 valence electrons. The van der Waals surface area contributed by atoms with Crippen LogP contribution in [0, 0.1) is 0 Å². The van der Waals surface area contributed by atoms with E-state index < -0.39 is 0 Å². The summed E-state index contributed by atoms with van der Waals surface area (Å²) in [7, 11) is 0. The fraction of sp³-hybridized carbons (Fsp3) is 0. The van der Waals surface area contributed by atoms with Crippen LogP contribution in [0.3, 0.4) is 0 Å². The van der Waals surface area contributed by atoms with Crippen LogP contribution in [0.4, 0.5) is 0 Å². The van der Waals surface area contributed by atoms with Crippen molar-refractivity contribution in [1.82, 2.24) is 0 Å². The predicted octanol–water partition coefficient (Wildman–Crippen LogP) is 9.55. The van der Waals surface area contributed by atoms with Gasteiger partial charge in [0, 0.05) is 22.1 Å². The number of benzene rings is 4. The molecule has 1 aliphatic heterocycles. The molecule has 0 unspecified atom stereocenters. The van der Waals surface area contributed by atoms with Gasteiger partial charge < -0.3 is 4.42 Å². The number of para-hydroxylation sites is 1. The maximum Gasteiger partial charge on any atom is 0.143 e. The molecule has 2 aliphatic rings. The first-order chi connectivity index (χ1) is 17.4. The lowest BCUT2D eigenvalue weighted by Gasteiger charge is -2.05. The van der Waals surface area contributed by atoms with Crippen LogP contribution in [-0.2, 0) is 0 Å². The monoisotopic (exact) mass is 448 g/mol. The van der Waals surface area contributed by atoms with Crippen molar-refractivity contribution in [3.05, 3.63) is 144 Å². The Morgan fingerprint density at radius 1 is 0.486 bits per heavy atom. The molecular weight excluding hydrogens is 424 g/mol. The molecule has 0 fully saturated rings. The van der Waals surface area contributed by atoms with Gasteiger partial charge in [-0.25, -0.2) is 0 Å². The SMILES string of the molecule is C(=Cc1c2cc3ccccc3oc-2c(C=Cc2ccccc2)c1-c1ccccc1)c1ccccc1. The van der Waals surface area contributed by atoms with E-state index in [-0.39, 0.29) is 0 Å². The molecule has 1 nitrogen and oxygen atoms in total. The van der Waals surface area contributed by atoms with Gasteiger partial charge in [-0.1, -0.05) is 127 Å². The molecule has 0 amide bonds. The normalized spacial score (nSPS) is 11.8. The largest absolute Gasteiger partial charge is 0.455 e. The van der Waals surface area contributed by atoms with Crippen molar-refractivity contribution < 1.29 is 4.42 Å². The third-order valence-electron chi connectivity index (χ3n) is 6.30. The molecule has 0 bridgehead atoms. The molecule has 1 heterocycles. The molecule has 0 spiro atoms. The van der Waals surface area contributed by atoms with Crippen molar-refractivity contribution in [1.29, 1.82) is 0 Å². The van der Waals surface area contributed by atoms with Crippen molar-refractivity contribution in [2.24, 2.45) is 0 Å².